The molecule has 1 amide bonds. The van der Waals surface area contributed by atoms with E-state index in [2.05, 4.69) is 10.3 Å². The van der Waals surface area contributed by atoms with Crippen molar-refractivity contribution in [2.24, 2.45) is 0 Å². The van der Waals surface area contributed by atoms with E-state index in [1.165, 1.54) is 7.11 Å². The highest BCUT2D eigenvalue weighted by Crippen LogP contribution is 2.29. The first-order valence-corrected chi connectivity index (χ1v) is 7.28. The number of aromatic amines is 1. The highest BCUT2D eigenvalue weighted by atomic mass is 16.5. The van der Waals surface area contributed by atoms with Crippen LogP contribution in [-0.2, 0) is 0 Å². The molecule has 0 fully saturated rings. The molecule has 0 aliphatic heterocycles. The molecule has 0 radical (unpaired) electrons. The summed E-state index contributed by atoms with van der Waals surface area (Å²) in [6, 6.07) is 13.8. The SMILES string of the molecule is COc1ccc(NC(=O)c2cc3ccccc3c(=O)[nH]2)c(OC)c1. The Balaban J connectivity index is 1.94. The van der Waals surface area contributed by atoms with Crippen LogP contribution in [-0.4, -0.2) is 25.1 Å². The van der Waals surface area contributed by atoms with Crippen molar-refractivity contribution < 1.29 is 14.3 Å². The van der Waals surface area contributed by atoms with E-state index in [-0.39, 0.29) is 11.3 Å². The van der Waals surface area contributed by atoms with Crippen molar-refractivity contribution in [3.05, 3.63) is 64.6 Å². The van der Waals surface area contributed by atoms with Crippen molar-refractivity contribution in [2.75, 3.05) is 19.5 Å². The van der Waals surface area contributed by atoms with Gasteiger partial charge >= 0.3 is 0 Å². The van der Waals surface area contributed by atoms with Gasteiger partial charge in [0, 0.05) is 11.5 Å². The first-order chi connectivity index (χ1) is 11.6. The lowest BCUT2D eigenvalue weighted by Gasteiger charge is -2.11. The lowest BCUT2D eigenvalue weighted by molar-refractivity contribution is 0.102. The second-order valence-electron chi connectivity index (χ2n) is 5.12. The molecule has 0 aliphatic rings. The van der Waals surface area contributed by atoms with Crippen molar-refractivity contribution >= 4 is 22.4 Å². The van der Waals surface area contributed by atoms with Gasteiger partial charge in [-0.1, -0.05) is 18.2 Å². The maximum Gasteiger partial charge on any atom is 0.272 e. The number of H-pyrrole nitrogens is 1. The Bertz CT molecular complexity index is 963. The van der Waals surface area contributed by atoms with Gasteiger partial charge in [-0.3, -0.25) is 9.59 Å². The van der Waals surface area contributed by atoms with E-state index in [9.17, 15) is 9.59 Å². The first kappa shape index (κ1) is 15.6. The molecule has 0 saturated carbocycles. The zero-order valence-corrected chi connectivity index (χ0v) is 13.3. The van der Waals surface area contributed by atoms with Crippen LogP contribution in [0.2, 0.25) is 0 Å². The third-order valence-electron chi connectivity index (χ3n) is 3.65. The molecule has 1 heterocycles. The summed E-state index contributed by atoms with van der Waals surface area (Å²) in [6.07, 6.45) is 0. The molecule has 0 bridgehead atoms. The van der Waals surface area contributed by atoms with Crippen molar-refractivity contribution in [1.82, 2.24) is 4.98 Å². The predicted molar refractivity (Wildman–Crippen MR) is 92.1 cm³/mol. The summed E-state index contributed by atoms with van der Waals surface area (Å²) < 4.78 is 10.4. The number of amides is 1. The summed E-state index contributed by atoms with van der Waals surface area (Å²) in [4.78, 5) is 27.1. The van der Waals surface area contributed by atoms with E-state index in [0.717, 1.165) is 0 Å². The molecule has 0 saturated heterocycles. The lowest BCUT2D eigenvalue weighted by Crippen LogP contribution is -2.19. The smallest absolute Gasteiger partial charge is 0.272 e. The van der Waals surface area contributed by atoms with Crippen molar-refractivity contribution in [3.8, 4) is 11.5 Å². The average molecular weight is 324 g/mol. The number of pyridine rings is 1. The Morgan fingerprint density at radius 3 is 2.58 bits per heavy atom. The summed E-state index contributed by atoms with van der Waals surface area (Å²) in [5.74, 6) is 0.649. The third-order valence-corrected chi connectivity index (χ3v) is 3.65. The van der Waals surface area contributed by atoms with Crippen molar-refractivity contribution in [2.45, 2.75) is 0 Å². The first-order valence-electron chi connectivity index (χ1n) is 7.28. The van der Waals surface area contributed by atoms with Crippen LogP contribution in [0.25, 0.3) is 10.8 Å². The fraction of sp³-hybridized carbons (Fsp3) is 0.111. The number of hydrogen-bond donors (Lipinski definition) is 2. The van der Waals surface area contributed by atoms with Gasteiger partial charge in [-0.25, -0.2) is 0 Å². The maximum absolute atomic E-state index is 12.5. The minimum atomic E-state index is -0.429. The Hall–Kier alpha value is -3.28. The molecule has 0 unspecified atom stereocenters. The Morgan fingerprint density at radius 1 is 1.04 bits per heavy atom. The summed E-state index contributed by atoms with van der Waals surface area (Å²) in [5.41, 5.74) is 0.355. The van der Waals surface area contributed by atoms with Gasteiger partial charge in [-0.05, 0) is 29.7 Å². The quantitative estimate of drug-likeness (QED) is 0.773. The summed E-state index contributed by atoms with van der Waals surface area (Å²) in [5, 5.41) is 3.97. The number of nitrogens with one attached hydrogen (secondary N) is 2. The number of benzene rings is 2. The number of carbonyl (C=O) groups excluding carboxylic acids is 1. The third kappa shape index (κ3) is 2.94. The Morgan fingerprint density at radius 2 is 1.83 bits per heavy atom. The molecule has 0 aliphatic carbocycles. The molecular formula is C18H16N2O4. The van der Waals surface area contributed by atoms with Gasteiger partial charge in [0.05, 0.1) is 19.9 Å². The second kappa shape index (κ2) is 6.45. The minimum Gasteiger partial charge on any atom is -0.497 e. The number of fused-ring (bicyclic) bond motifs is 1. The van der Waals surface area contributed by atoms with E-state index in [1.54, 1.807) is 49.6 Å². The molecule has 3 aromatic rings. The molecule has 6 nitrogen and oxygen atoms in total. The number of ether oxygens (including phenoxy) is 2. The average Bonchev–Trinajstić information content (AvgIpc) is 2.62. The normalized spacial score (nSPS) is 10.4. The van der Waals surface area contributed by atoms with E-state index in [4.69, 9.17) is 9.47 Å². The number of aromatic nitrogens is 1. The van der Waals surface area contributed by atoms with Crippen LogP contribution in [0.3, 0.4) is 0 Å². The fourth-order valence-electron chi connectivity index (χ4n) is 2.42. The summed E-state index contributed by atoms with van der Waals surface area (Å²) in [6.45, 7) is 0. The topological polar surface area (TPSA) is 80.4 Å². The number of anilines is 1. The summed E-state index contributed by atoms with van der Waals surface area (Å²) in [7, 11) is 3.05. The van der Waals surface area contributed by atoms with Gasteiger partial charge in [0.2, 0.25) is 0 Å². The zero-order chi connectivity index (χ0) is 17.1. The van der Waals surface area contributed by atoms with Crippen LogP contribution in [0.1, 0.15) is 10.5 Å². The van der Waals surface area contributed by atoms with Crippen molar-refractivity contribution in [3.63, 3.8) is 0 Å². The molecule has 24 heavy (non-hydrogen) atoms. The maximum atomic E-state index is 12.5. The van der Waals surface area contributed by atoms with Crippen LogP contribution >= 0.6 is 0 Å². The molecule has 1 aromatic heterocycles. The largest absolute Gasteiger partial charge is 0.497 e. The van der Waals surface area contributed by atoms with Gasteiger partial charge in [0.25, 0.3) is 11.5 Å². The highest BCUT2D eigenvalue weighted by molar-refractivity contribution is 6.05. The van der Waals surface area contributed by atoms with E-state index < -0.39 is 5.91 Å². The highest BCUT2D eigenvalue weighted by Gasteiger charge is 2.13. The van der Waals surface area contributed by atoms with Gasteiger partial charge in [0.1, 0.15) is 17.2 Å². The molecule has 6 heteroatoms. The van der Waals surface area contributed by atoms with Crippen LogP contribution in [0.5, 0.6) is 11.5 Å². The predicted octanol–water partition coefficient (Wildman–Crippen LogP) is 2.80. The standard InChI is InChI=1S/C18H16N2O4/c1-23-12-7-8-14(16(10-12)24-2)19-18(22)15-9-11-5-3-4-6-13(11)17(21)20-15/h3-10H,1-2H3,(H,19,22)(H,20,21). The number of carbonyl (C=O) groups is 1. The van der Waals surface area contributed by atoms with Crippen LogP contribution < -0.4 is 20.3 Å². The fourth-order valence-corrected chi connectivity index (χ4v) is 2.42. The number of hydrogen-bond acceptors (Lipinski definition) is 4. The van der Waals surface area contributed by atoms with E-state index in [0.29, 0.717) is 28.0 Å². The molecule has 0 spiro atoms. The molecule has 2 aromatic carbocycles. The van der Waals surface area contributed by atoms with Crippen LogP contribution in [0, 0.1) is 0 Å². The molecule has 2 N–H and O–H groups in total. The van der Waals surface area contributed by atoms with Crippen LogP contribution in [0.4, 0.5) is 5.69 Å². The summed E-state index contributed by atoms with van der Waals surface area (Å²) >= 11 is 0. The Kier molecular flexibility index (Phi) is 4.20. The molecule has 0 atom stereocenters. The molecular weight excluding hydrogens is 308 g/mol. The van der Waals surface area contributed by atoms with Crippen molar-refractivity contribution in [1.29, 1.82) is 0 Å². The minimum absolute atomic E-state index is 0.177. The monoisotopic (exact) mass is 324 g/mol. The zero-order valence-electron chi connectivity index (χ0n) is 13.3. The van der Waals surface area contributed by atoms with Crippen LogP contribution in [0.15, 0.2) is 53.3 Å². The molecule has 3 rings (SSSR count). The van der Waals surface area contributed by atoms with E-state index in [1.807, 2.05) is 6.07 Å². The van der Waals surface area contributed by atoms with Gasteiger partial charge in [0.15, 0.2) is 0 Å². The van der Waals surface area contributed by atoms with Gasteiger partial charge in [-0.15, -0.1) is 0 Å². The van der Waals surface area contributed by atoms with Gasteiger partial charge < -0.3 is 19.8 Å². The van der Waals surface area contributed by atoms with Gasteiger partial charge in [-0.2, -0.15) is 0 Å². The number of methoxy groups -OCH3 is 2. The second-order valence-corrected chi connectivity index (χ2v) is 5.12. The number of rotatable bonds is 4. The Labute approximate surface area is 138 Å². The van der Waals surface area contributed by atoms with E-state index >= 15 is 0 Å². The molecule has 122 valence electrons. The lowest BCUT2D eigenvalue weighted by atomic mass is 10.1.